The van der Waals surface area contributed by atoms with Crippen molar-refractivity contribution in [1.29, 1.82) is 0 Å². The van der Waals surface area contributed by atoms with Gasteiger partial charge in [-0.3, -0.25) is 4.79 Å². The lowest BCUT2D eigenvalue weighted by molar-refractivity contribution is -0.141. The molecule has 7 heteroatoms. The standard InChI is InChI=1S/C12H22N2O5/c1-18-7-5-13(6-8-19-2)12(17)14-4-3-10(9-14)11(15)16/h10H,3-9H2,1-2H3,(H,15,16). The van der Waals surface area contributed by atoms with Gasteiger partial charge in [-0.15, -0.1) is 0 Å². The summed E-state index contributed by atoms with van der Waals surface area (Å²) in [5, 5.41) is 8.94. The van der Waals surface area contributed by atoms with Crippen molar-refractivity contribution in [2.45, 2.75) is 6.42 Å². The van der Waals surface area contributed by atoms with Crippen molar-refractivity contribution in [1.82, 2.24) is 9.80 Å². The molecule has 1 N–H and O–H groups in total. The van der Waals surface area contributed by atoms with Crippen molar-refractivity contribution < 1.29 is 24.2 Å². The third-order valence-electron chi connectivity index (χ3n) is 3.21. The van der Waals surface area contributed by atoms with E-state index in [9.17, 15) is 9.59 Å². The maximum atomic E-state index is 12.3. The number of likely N-dealkylation sites (tertiary alicyclic amines) is 1. The van der Waals surface area contributed by atoms with Crippen LogP contribution in [0.1, 0.15) is 6.42 Å². The average Bonchev–Trinajstić information content (AvgIpc) is 2.88. The average molecular weight is 274 g/mol. The topological polar surface area (TPSA) is 79.3 Å². The first-order valence-electron chi connectivity index (χ1n) is 6.34. The first-order valence-corrected chi connectivity index (χ1v) is 6.34. The van der Waals surface area contributed by atoms with Crippen molar-refractivity contribution in [2.24, 2.45) is 5.92 Å². The van der Waals surface area contributed by atoms with E-state index in [-0.39, 0.29) is 12.6 Å². The van der Waals surface area contributed by atoms with Crippen molar-refractivity contribution in [2.75, 3.05) is 53.6 Å². The normalized spacial score (nSPS) is 18.6. The Hall–Kier alpha value is -1.34. The summed E-state index contributed by atoms with van der Waals surface area (Å²) in [5.74, 6) is -1.29. The van der Waals surface area contributed by atoms with Gasteiger partial charge in [-0.1, -0.05) is 0 Å². The second-order valence-electron chi connectivity index (χ2n) is 4.53. The molecule has 2 amide bonds. The molecule has 1 rings (SSSR count). The van der Waals surface area contributed by atoms with E-state index < -0.39 is 11.9 Å². The second-order valence-corrected chi connectivity index (χ2v) is 4.53. The molecule has 1 aliphatic heterocycles. The number of aliphatic carboxylic acids is 1. The van der Waals surface area contributed by atoms with Gasteiger partial charge in [-0.05, 0) is 6.42 Å². The number of methoxy groups -OCH3 is 2. The summed E-state index contributed by atoms with van der Waals surface area (Å²) < 4.78 is 9.95. The van der Waals surface area contributed by atoms with Gasteiger partial charge >= 0.3 is 12.0 Å². The van der Waals surface area contributed by atoms with Crippen LogP contribution in [0.25, 0.3) is 0 Å². The second kappa shape index (κ2) is 7.96. The fourth-order valence-electron chi connectivity index (χ4n) is 2.04. The summed E-state index contributed by atoms with van der Waals surface area (Å²) in [5.41, 5.74) is 0. The summed E-state index contributed by atoms with van der Waals surface area (Å²) in [4.78, 5) is 26.4. The van der Waals surface area contributed by atoms with Crippen LogP contribution < -0.4 is 0 Å². The Kier molecular flexibility index (Phi) is 6.58. The Labute approximate surface area is 113 Å². The lowest BCUT2D eigenvalue weighted by Gasteiger charge is -2.27. The predicted molar refractivity (Wildman–Crippen MR) is 68.0 cm³/mol. The summed E-state index contributed by atoms with van der Waals surface area (Å²) >= 11 is 0. The molecule has 1 fully saturated rings. The zero-order valence-electron chi connectivity index (χ0n) is 11.5. The van der Waals surface area contributed by atoms with Gasteiger partial charge in [0.2, 0.25) is 0 Å². The summed E-state index contributed by atoms with van der Waals surface area (Å²) in [7, 11) is 3.16. The minimum Gasteiger partial charge on any atom is -0.481 e. The van der Waals surface area contributed by atoms with Crippen molar-refractivity contribution in [3.8, 4) is 0 Å². The van der Waals surface area contributed by atoms with Gasteiger partial charge in [0.25, 0.3) is 0 Å². The van der Waals surface area contributed by atoms with Crippen molar-refractivity contribution in [3.63, 3.8) is 0 Å². The minimum absolute atomic E-state index is 0.141. The Morgan fingerprint density at radius 3 is 2.26 bits per heavy atom. The Bertz CT molecular complexity index is 302. The molecule has 0 aromatic rings. The molecule has 7 nitrogen and oxygen atoms in total. The molecule has 1 heterocycles. The number of carboxylic acids is 1. The fraction of sp³-hybridized carbons (Fsp3) is 0.833. The van der Waals surface area contributed by atoms with E-state index in [1.165, 1.54) is 0 Å². The number of hydrogen-bond acceptors (Lipinski definition) is 4. The molecule has 1 saturated heterocycles. The number of carbonyl (C=O) groups excluding carboxylic acids is 1. The Balaban J connectivity index is 2.53. The zero-order chi connectivity index (χ0) is 14.3. The molecule has 19 heavy (non-hydrogen) atoms. The van der Waals surface area contributed by atoms with Crippen LogP contribution in [0.15, 0.2) is 0 Å². The lowest BCUT2D eigenvalue weighted by Crippen LogP contribution is -2.45. The third kappa shape index (κ3) is 4.68. The van der Waals surface area contributed by atoms with Crippen LogP contribution in [0, 0.1) is 5.92 Å². The van der Waals surface area contributed by atoms with Gasteiger partial charge in [-0.25, -0.2) is 4.79 Å². The SMILES string of the molecule is COCCN(CCOC)C(=O)N1CCC(C(=O)O)C1. The summed E-state index contributed by atoms with van der Waals surface area (Å²) in [6.07, 6.45) is 0.517. The van der Waals surface area contributed by atoms with E-state index in [0.717, 1.165) is 0 Å². The molecule has 0 spiro atoms. The fourth-order valence-corrected chi connectivity index (χ4v) is 2.04. The minimum atomic E-state index is -0.837. The van der Waals surface area contributed by atoms with Crippen LogP contribution >= 0.6 is 0 Å². The van der Waals surface area contributed by atoms with Crippen LogP contribution in [-0.2, 0) is 14.3 Å². The molecular formula is C12H22N2O5. The number of amides is 2. The quantitative estimate of drug-likeness (QED) is 0.712. The molecule has 0 aromatic carbocycles. The van der Waals surface area contributed by atoms with Gasteiger partial charge in [0.15, 0.2) is 0 Å². The first-order chi connectivity index (χ1) is 9.10. The summed E-state index contributed by atoms with van der Waals surface area (Å²) in [6.45, 7) is 2.63. The maximum Gasteiger partial charge on any atom is 0.320 e. The number of carboxylic acid groups (broad SMARTS) is 1. The van der Waals surface area contributed by atoms with E-state index in [4.69, 9.17) is 14.6 Å². The highest BCUT2D eigenvalue weighted by Crippen LogP contribution is 2.17. The molecule has 110 valence electrons. The molecule has 1 atom stereocenters. The van der Waals surface area contributed by atoms with Crippen LogP contribution in [0.4, 0.5) is 4.79 Å². The van der Waals surface area contributed by atoms with Crippen molar-refractivity contribution >= 4 is 12.0 Å². The predicted octanol–water partition coefficient (Wildman–Crippen LogP) is 0.108. The lowest BCUT2D eigenvalue weighted by atomic mass is 10.1. The van der Waals surface area contributed by atoms with Crippen LogP contribution in [0.5, 0.6) is 0 Å². The number of hydrogen-bond donors (Lipinski definition) is 1. The monoisotopic (exact) mass is 274 g/mol. The largest absolute Gasteiger partial charge is 0.481 e. The summed E-state index contributed by atoms with van der Waals surface area (Å²) in [6, 6.07) is -0.141. The van der Waals surface area contributed by atoms with Gasteiger partial charge < -0.3 is 24.4 Å². The number of ether oxygens (including phenoxy) is 2. The van der Waals surface area contributed by atoms with Crippen molar-refractivity contribution in [3.05, 3.63) is 0 Å². The molecular weight excluding hydrogens is 252 g/mol. The van der Waals surface area contributed by atoms with Gasteiger partial charge in [0.05, 0.1) is 19.1 Å². The van der Waals surface area contributed by atoms with Gasteiger partial charge in [-0.2, -0.15) is 0 Å². The molecule has 0 radical (unpaired) electrons. The van der Waals surface area contributed by atoms with E-state index >= 15 is 0 Å². The number of urea groups is 1. The van der Waals surface area contributed by atoms with E-state index in [2.05, 4.69) is 0 Å². The molecule has 0 aromatic heterocycles. The Morgan fingerprint density at radius 1 is 1.26 bits per heavy atom. The van der Waals surface area contributed by atoms with Crippen LogP contribution in [-0.4, -0.2) is 80.5 Å². The van der Waals surface area contributed by atoms with Gasteiger partial charge in [0.1, 0.15) is 0 Å². The molecule has 0 bridgehead atoms. The van der Waals surface area contributed by atoms with E-state index in [0.29, 0.717) is 39.3 Å². The third-order valence-corrected chi connectivity index (χ3v) is 3.21. The number of nitrogens with zero attached hydrogens (tertiary/aromatic N) is 2. The molecule has 0 saturated carbocycles. The first kappa shape index (κ1) is 15.7. The molecule has 1 aliphatic rings. The van der Waals surface area contributed by atoms with E-state index in [1.54, 1.807) is 24.0 Å². The zero-order valence-corrected chi connectivity index (χ0v) is 11.5. The molecule has 1 unspecified atom stereocenters. The highest BCUT2D eigenvalue weighted by atomic mass is 16.5. The Morgan fingerprint density at radius 2 is 1.84 bits per heavy atom. The highest BCUT2D eigenvalue weighted by molar-refractivity contribution is 5.77. The van der Waals surface area contributed by atoms with Crippen LogP contribution in [0.3, 0.4) is 0 Å². The van der Waals surface area contributed by atoms with Gasteiger partial charge in [0, 0.05) is 40.4 Å². The number of rotatable bonds is 7. The molecule has 0 aliphatic carbocycles. The highest BCUT2D eigenvalue weighted by Gasteiger charge is 2.32. The smallest absolute Gasteiger partial charge is 0.320 e. The maximum absolute atomic E-state index is 12.3. The van der Waals surface area contributed by atoms with E-state index in [1.807, 2.05) is 0 Å². The number of carbonyl (C=O) groups is 2. The van der Waals surface area contributed by atoms with Crippen LogP contribution in [0.2, 0.25) is 0 Å².